The van der Waals surface area contributed by atoms with E-state index >= 15 is 0 Å². The normalized spacial score (nSPS) is 11.1. The topological polar surface area (TPSA) is 34.9 Å². The molecule has 0 aliphatic rings. The molecule has 142 valence electrons. The van der Waals surface area contributed by atoms with E-state index in [4.69, 9.17) is 28.3 Å². The van der Waals surface area contributed by atoms with Crippen molar-refractivity contribution in [2.45, 2.75) is 0 Å². The first kappa shape index (κ1) is 19.2. The quantitative estimate of drug-likeness (QED) is 0.265. The fourth-order valence-corrected chi connectivity index (χ4v) is 3.18. The molecule has 0 N–H and O–H groups in total. The Morgan fingerprint density at radius 1 is 0.828 bits per heavy atom. The van der Waals surface area contributed by atoms with Gasteiger partial charge >= 0.3 is 0 Å². The predicted octanol–water partition coefficient (Wildman–Crippen LogP) is 6.74. The maximum absolute atomic E-state index is 12.5. The molecule has 4 aromatic rings. The molecule has 0 saturated heterocycles. The van der Waals surface area contributed by atoms with Crippen LogP contribution in [0, 0.1) is 0 Å². The molecule has 0 radical (unpaired) electrons. The molecule has 0 amide bonds. The van der Waals surface area contributed by atoms with E-state index in [0.29, 0.717) is 15.6 Å². The molecule has 0 saturated carbocycles. The van der Waals surface area contributed by atoms with E-state index in [9.17, 15) is 4.79 Å². The first-order valence-electron chi connectivity index (χ1n) is 8.99. The Bertz CT molecular complexity index is 1160. The van der Waals surface area contributed by atoms with Gasteiger partial charge in [0.2, 0.25) is 0 Å². The molecule has 0 unspecified atom stereocenters. The molecule has 0 fully saturated rings. The Kier molecular flexibility index (Phi) is 5.61. The second-order valence-electron chi connectivity index (χ2n) is 6.42. The SMILES string of the molecule is O=C(C=Cc1cn(-c2ccccc2)nc1-c1ccc(Cl)cc1)c1ccc(Cl)cc1. The number of hydrogen-bond acceptors (Lipinski definition) is 2. The van der Waals surface area contributed by atoms with E-state index in [-0.39, 0.29) is 5.78 Å². The maximum atomic E-state index is 12.5. The van der Waals surface area contributed by atoms with Crippen LogP contribution in [0.5, 0.6) is 0 Å². The van der Waals surface area contributed by atoms with Gasteiger partial charge in [0.25, 0.3) is 0 Å². The molecule has 5 heteroatoms. The number of nitrogens with zero attached hydrogens (tertiary/aromatic N) is 2. The number of ketones is 1. The molecule has 0 bridgehead atoms. The Labute approximate surface area is 178 Å². The number of aromatic nitrogens is 2. The molecule has 0 aliphatic heterocycles. The zero-order valence-corrected chi connectivity index (χ0v) is 16.8. The minimum atomic E-state index is -0.101. The Morgan fingerprint density at radius 2 is 1.45 bits per heavy atom. The molecular weight excluding hydrogens is 403 g/mol. The number of para-hydroxylation sites is 1. The van der Waals surface area contributed by atoms with E-state index in [0.717, 1.165) is 22.5 Å². The summed E-state index contributed by atoms with van der Waals surface area (Å²) in [6.45, 7) is 0. The summed E-state index contributed by atoms with van der Waals surface area (Å²) in [7, 11) is 0. The largest absolute Gasteiger partial charge is 0.289 e. The third-order valence-electron chi connectivity index (χ3n) is 4.42. The van der Waals surface area contributed by atoms with Crippen LogP contribution in [0.1, 0.15) is 15.9 Å². The van der Waals surface area contributed by atoms with Crippen LogP contribution in [0.2, 0.25) is 10.0 Å². The van der Waals surface area contributed by atoms with Crippen molar-refractivity contribution in [2.24, 2.45) is 0 Å². The van der Waals surface area contributed by atoms with Crippen molar-refractivity contribution in [3.63, 3.8) is 0 Å². The fraction of sp³-hybridized carbons (Fsp3) is 0. The van der Waals surface area contributed by atoms with Gasteiger partial charge < -0.3 is 0 Å². The van der Waals surface area contributed by atoms with Crippen molar-refractivity contribution < 1.29 is 4.79 Å². The maximum Gasteiger partial charge on any atom is 0.185 e. The standard InChI is InChI=1S/C24H16Cl2N2O/c25-20-11-6-17(7-12-20)23(29)15-10-19-16-28(22-4-2-1-3-5-22)27-24(19)18-8-13-21(26)14-9-18/h1-16H. The van der Waals surface area contributed by atoms with Gasteiger partial charge in [0.1, 0.15) is 0 Å². The summed E-state index contributed by atoms with van der Waals surface area (Å²) < 4.78 is 1.80. The van der Waals surface area contributed by atoms with Crippen LogP contribution in [0.4, 0.5) is 0 Å². The fourth-order valence-electron chi connectivity index (χ4n) is 2.93. The van der Waals surface area contributed by atoms with Gasteiger partial charge in [0.05, 0.1) is 11.4 Å². The zero-order chi connectivity index (χ0) is 20.2. The average Bonchev–Trinajstić information content (AvgIpc) is 3.18. The number of halogens is 2. The van der Waals surface area contributed by atoms with Crippen LogP contribution in [0.25, 0.3) is 23.0 Å². The van der Waals surface area contributed by atoms with Gasteiger partial charge in [-0.1, -0.05) is 53.5 Å². The van der Waals surface area contributed by atoms with Gasteiger partial charge in [0.15, 0.2) is 5.78 Å². The second-order valence-corrected chi connectivity index (χ2v) is 7.30. The smallest absolute Gasteiger partial charge is 0.185 e. The minimum Gasteiger partial charge on any atom is -0.289 e. The highest BCUT2D eigenvalue weighted by molar-refractivity contribution is 6.31. The molecule has 1 aromatic heterocycles. The summed E-state index contributed by atoms with van der Waals surface area (Å²) >= 11 is 11.9. The lowest BCUT2D eigenvalue weighted by Gasteiger charge is -2.01. The number of benzene rings is 3. The van der Waals surface area contributed by atoms with Crippen LogP contribution in [-0.4, -0.2) is 15.6 Å². The van der Waals surface area contributed by atoms with Crippen molar-refractivity contribution in [1.29, 1.82) is 0 Å². The summed E-state index contributed by atoms with van der Waals surface area (Å²) in [6, 6.07) is 24.1. The predicted molar refractivity (Wildman–Crippen MR) is 119 cm³/mol. The summed E-state index contributed by atoms with van der Waals surface area (Å²) in [4.78, 5) is 12.5. The molecule has 4 rings (SSSR count). The van der Waals surface area contributed by atoms with Gasteiger partial charge in [0, 0.05) is 32.9 Å². The third-order valence-corrected chi connectivity index (χ3v) is 4.93. The van der Waals surface area contributed by atoms with Gasteiger partial charge in [-0.3, -0.25) is 4.79 Å². The number of allylic oxidation sites excluding steroid dienone is 1. The van der Waals surface area contributed by atoms with Crippen LogP contribution < -0.4 is 0 Å². The van der Waals surface area contributed by atoms with Gasteiger partial charge in [-0.15, -0.1) is 0 Å². The van der Waals surface area contributed by atoms with E-state index in [1.807, 2.05) is 60.8 Å². The van der Waals surface area contributed by atoms with Crippen molar-refractivity contribution in [2.75, 3.05) is 0 Å². The van der Waals surface area contributed by atoms with E-state index in [2.05, 4.69) is 0 Å². The molecular formula is C24H16Cl2N2O. The van der Waals surface area contributed by atoms with Crippen LogP contribution in [-0.2, 0) is 0 Å². The van der Waals surface area contributed by atoms with Crippen molar-refractivity contribution in [3.05, 3.63) is 112 Å². The van der Waals surface area contributed by atoms with Crippen LogP contribution >= 0.6 is 23.2 Å². The summed E-state index contributed by atoms with van der Waals surface area (Å²) in [6.07, 6.45) is 5.24. The van der Waals surface area contributed by atoms with Crippen molar-refractivity contribution >= 4 is 35.1 Å². The van der Waals surface area contributed by atoms with Crippen molar-refractivity contribution in [3.8, 4) is 16.9 Å². The molecule has 0 atom stereocenters. The minimum absolute atomic E-state index is 0.101. The molecule has 29 heavy (non-hydrogen) atoms. The van der Waals surface area contributed by atoms with Gasteiger partial charge in [-0.05, 0) is 60.7 Å². The van der Waals surface area contributed by atoms with E-state index < -0.39 is 0 Å². The Hall–Kier alpha value is -3.14. The average molecular weight is 419 g/mol. The summed E-state index contributed by atoms with van der Waals surface area (Å²) in [5.41, 5.74) is 4.03. The number of rotatable bonds is 5. The number of carbonyl (C=O) groups excluding carboxylic acids is 1. The lowest BCUT2D eigenvalue weighted by atomic mass is 10.1. The monoisotopic (exact) mass is 418 g/mol. The molecule has 3 aromatic carbocycles. The van der Waals surface area contributed by atoms with Crippen LogP contribution in [0.15, 0.2) is 91.1 Å². The molecule has 0 aliphatic carbocycles. The van der Waals surface area contributed by atoms with E-state index in [1.54, 1.807) is 41.1 Å². The molecule has 3 nitrogen and oxygen atoms in total. The zero-order valence-electron chi connectivity index (χ0n) is 15.3. The number of hydrogen-bond donors (Lipinski definition) is 0. The lowest BCUT2D eigenvalue weighted by molar-refractivity contribution is 0.104. The Morgan fingerprint density at radius 3 is 2.10 bits per heavy atom. The summed E-state index contributed by atoms with van der Waals surface area (Å²) in [5.74, 6) is -0.101. The highest BCUT2D eigenvalue weighted by atomic mass is 35.5. The summed E-state index contributed by atoms with van der Waals surface area (Å²) in [5, 5.41) is 5.99. The van der Waals surface area contributed by atoms with Crippen LogP contribution in [0.3, 0.4) is 0 Å². The second kappa shape index (κ2) is 8.48. The first-order chi connectivity index (χ1) is 14.1. The highest BCUT2D eigenvalue weighted by Gasteiger charge is 2.11. The lowest BCUT2D eigenvalue weighted by Crippen LogP contribution is -1.93. The van der Waals surface area contributed by atoms with E-state index in [1.165, 1.54) is 0 Å². The molecule has 1 heterocycles. The molecule has 0 spiro atoms. The highest BCUT2D eigenvalue weighted by Crippen LogP contribution is 2.26. The first-order valence-corrected chi connectivity index (χ1v) is 9.75. The van der Waals surface area contributed by atoms with Gasteiger partial charge in [-0.25, -0.2) is 4.68 Å². The van der Waals surface area contributed by atoms with Gasteiger partial charge in [-0.2, -0.15) is 5.10 Å². The third kappa shape index (κ3) is 4.48. The van der Waals surface area contributed by atoms with Crippen molar-refractivity contribution in [1.82, 2.24) is 9.78 Å². The number of carbonyl (C=O) groups is 1. The Balaban J connectivity index is 1.72.